The predicted molar refractivity (Wildman–Crippen MR) is 50.6 cm³/mol. The molecule has 2 heteroatoms. The first-order valence-electron chi connectivity index (χ1n) is 4.22. The van der Waals surface area contributed by atoms with E-state index in [9.17, 15) is 4.79 Å². The molecule has 0 saturated carbocycles. The molecule has 0 atom stereocenters. The highest BCUT2D eigenvalue weighted by atomic mass is 16.5. The highest BCUT2D eigenvalue weighted by Gasteiger charge is 2.06. The van der Waals surface area contributed by atoms with Crippen LogP contribution in [0.3, 0.4) is 0 Å². The van der Waals surface area contributed by atoms with Crippen LogP contribution < -0.4 is 0 Å². The van der Waals surface area contributed by atoms with E-state index in [0.717, 1.165) is 11.8 Å². The third-order valence-electron chi connectivity index (χ3n) is 2.12. The fraction of sp³-hybridized carbons (Fsp3) is 0.182. The maximum atomic E-state index is 10.4. The number of hydrogen-bond acceptors (Lipinski definition) is 2. The Morgan fingerprint density at radius 3 is 2.54 bits per heavy atom. The molecule has 13 heavy (non-hydrogen) atoms. The first kappa shape index (κ1) is 8.20. The van der Waals surface area contributed by atoms with Crippen molar-refractivity contribution >= 4 is 11.9 Å². The molecule has 0 fully saturated rings. The van der Waals surface area contributed by atoms with Crippen LogP contribution in [0.1, 0.15) is 15.9 Å². The molecule has 1 aromatic rings. The monoisotopic (exact) mass is 174 g/mol. The van der Waals surface area contributed by atoms with Gasteiger partial charge in [0.15, 0.2) is 0 Å². The summed E-state index contributed by atoms with van der Waals surface area (Å²) in [5.74, 6) is 0. The van der Waals surface area contributed by atoms with E-state index in [1.54, 1.807) is 0 Å². The Morgan fingerprint density at radius 1 is 1.23 bits per heavy atom. The normalized spacial score (nSPS) is 15.5. The van der Waals surface area contributed by atoms with E-state index >= 15 is 0 Å². The minimum absolute atomic E-state index is 0.681. The van der Waals surface area contributed by atoms with Crippen molar-refractivity contribution in [1.29, 1.82) is 0 Å². The average molecular weight is 174 g/mol. The third kappa shape index (κ3) is 1.68. The van der Waals surface area contributed by atoms with Gasteiger partial charge in [-0.15, -0.1) is 0 Å². The van der Waals surface area contributed by atoms with Crippen LogP contribution in [-0.2, 0) is 4.74 Å². The molecule has 66 valence electrons. The molecule has 0 aliphatic carbocycles. The predicted octanol–water partition coefficient (Wildman–Crippen LogP) is 1.91. The van der Waals surface area contributed by atoms with Gasteiger partial charge in [-0.2, -0.15) is 0 Å². The Hall–Kier alpha value is -1.41. The number of benzene rings is 1. The molecule has 0 bridgehead atoms. The van der Waals surface area contributed by atoms with Crippen LogP contribution in [0.25, 0.3) is 5.57 Å². The summed E-state index contributed by atoms with van der Waals surface area (Å²) in [4.78, 5) is 10.4. The first-order chi connectivity index (χ1) is 6.40. The summed E-state index contributed by atoms with van der Waals surface area (Å²) in [6.07, 6.45) is 2.92. The minimum atomic E-state index is 0.681. The molecular weight excluding hydrogens is 164 g/mol. The molecule has 0 N–H and O–H groups in total. The van der Waals surface area contributed by atoms with Gasteiger partial charge >= 0.3 is 0 Å². The van der Waals surface area contributed by atoms with Crippen LogP contribution in [0.2, 0.25) is 0 Å². The van der Waals surface area contributed by atoms with E-state index in [1.807, 2.05) is 24.3 Å². The quantitative estimate of drug-likeness (QED) is 0.640. The van der Waals surface area contributed by atoms with Crippen LogP contribution in [0, 0.1) is 0 Å². The second kappa shape index (κ2) is 3.54. The lowest BCUT2D eigenvalue weighted by Crippen LogP contribution is -1.88. The van der Waals surface area contributed by atoms with Crippen LogP contribution >= 0.6 is 0 Å². The Kier molecular flexibility index (Phi) is 2.23. The zero-order chi connectivity index (χ0) is 9.10. The Bertz CT molecular complexity index is 336. The van der Waals surface area contributed by atoms with Gasteiger partial charge in [-0.05, 0) is 11.1 Å². The average Bonchev–Trinajstić information content (AvgIpc) is 2.71. The summed E-state index contributed by atoms with van der Waals surface area (Å²) in [6.45, 7) is 1.38. The van der Waals surface area contributed by atoms with Crippen molar-refractivity contribution in [2.24, 2.45) is 0 Å². The molecule has 0 aromatic heterocycles. The molecule has 1 aliphatic rings. The molecular formula is C11H10O2. The maximum absolute atomic E-state index is 10.4. The molecule has 0 radical (unpaired) electrons. The van der Waals surface area contributed by atoms with E-state index in [0.29, 0.717) is 18.8 Å². The van der Waals surface area contributed by atoms with Crippen LogP contribution in [0.15, 0.2) is 30.3 Å². The van der Waals surface area contributed by atoms with Gasteiger partial charge in [0, 0.05) is 5.56 Å². The van der Waals surface area contributed by atoms with Crippen molar-refractivity contribution in [3.63, 3.8) is 0 Å². The van der Waals surface area contributed by atoms with Crippen molar-refractivity contribution in [2.75, 3.05) is 13.2 Å². The Morgan fingerprint density at radius 2 is 2.00 bits per heavy atom. The number of carbonyl (C=O) groups excluding carboxylic acids is 1. The van der Waals surface area contributed by atoms with Gasteiger partial charge in [0.1, 0.15) is 6.29 Å². The standard InChI is InChI=1S/C11H10O2/c12-7-9-1-3-10(4-2-9)11-5-6-13-8-11/h1-5,7H,6,8H2. The van der Waals surface area contributed by atoms with Gasteiger partial charge in [-0.3, -0.25) is 4.79 Å². The van der Waals surface area contributed by atoms with Crippen molar-refractivity contribution in [2.45, 2.75) is 0 Å². The topological polar surface area (TPSA) is 26.3 Å². The molecule has 1 aliphatic heterocycles. The zero-order valence-electron chi connectivity index (χ0n) is 7.19. The smallest absolute Gasteiger partial charge is 0.150 e. The van der Waals surface area contributed by atoms with Crippen LogP contribution in [0.4, 0.5) is 0 Å². The fourth-order valence-electron chi connectivity index (χ4n) is 1.36. The molecule has 0 unspecified atom stereocenters. The number of aldehydes is 1. The summed E-state index contributed by atoms with van der Waals surface area (Å²) < 4.78 is 5.21. The molecule has 2 rings (SSSR count). The molecule has 0 spiro atoms. The van der Waals surface area contributed by atoms with E-state index in [4.69, 9.17) is 4.74 Å². The lowest BCUT2D eigenvalue weighted by atomic mass is 10.1. The largest absolute Gasteiger partial charge is 0.373 e. The summed E-state index contributed by atoms with van der Waals surface area (Å²) in [6, 6.07) is 7.54. The SMILES string of the molecule is O=Cc1ccc(C2=CCOC2)cc1. The van der Waals surface area contributed by atoms with Gasteiger partial charge in [-0.1, -0.05) is 30.3 Å². The Balaban J connectivity index is 2.26. The number of rotatable bonds is 2. The van der Waals surface area contributed by atoms with E-state index < -0.39 is 0 Å². The van der Waals surface area contributed by atoms with Gasteiger partial charge in [0.05, 0.1) is 13.2 Å². The van der Waals surface area contributed by atoms with Gasteiger partial charge in [-0.25, -0.2) is 0 Å². The lowest BCUT2D eigenvalue weighted by molar-refractivity contribution is 0.112. The first-order valence-corrected chi connectivity index (χ1v) is 4.22. The van der Waals surface area contributed by atoms with Crippen molar-refractivity contribution in [3.05, 3.63) is 41.5 Å². The van der Waals surface area contributed by atoms with Gasteiger partial charge in [0.2, 0.25) is 0 Å². The molecule has 2 nitrogen and oxygen atoms in total. The highest BCUT2D eigenvalue weighted by Crippen LogP contribution is 2.18. The molecule has 1 heterocycles. The van der Waals surface area contributed by atoms with E-state index in [1.165, 1.54) is 5.57 Å². The van der Waals surface area contributed by atoms with E-state index in [2.05, 4.69) is 6.08 Å². The van der Waals surface area contributed by atoms with Crippen molar-refractivity contribution in [1.82, 2.24) is 0 Å². The molecule has 0 amide bonds. The number of hydrogen-bond donors (Lipinski definition) is 0. The minimum Gasteiger partial charge on any atom is -0.373 e. The molecule has 0 saturated heterocycles. The summed E-state index contributed by atoms with van der Waals surface area (Å²) in [5.41, 5.74) is 3.06. The molecule has 1 aromatic carbocycles. The van der Waals surface area contributed by atoms with Crippen molar-refractivity contribution < 1.29 is 9.53 Å². The zero-order valence-corrected chi connectivity index (χ0v) is 7.19. The van der Waals surface area contributed by atoms with Crippen LogP contribution in [-0.4, -0.2) is 19.5 Å². The van der Waals surface area contributed by atoms with E-state index in [-0.39, 0.29) is 0 Å². The summed E-state index contributed by atoms with van der Waals surface area (Å²) >= 11 is 0. The maximum Gasteiger partial charge on any atom is 0.150 e. The number of carbonyl (C=O) groups is 1. The third-order valence-corrected chi connectivity index (χ3v) is 2.12. The fourth-order valence-corrected chi connectivity index (χ4v) is 1.36. The lowest BCUT2D eigenvalue weighted by Gasteiger charge is -2.00. The van der Waals surface area contributed by atoms with Crippen LogP contribution in [0.5, 0.6) is 0 Å². The second-order valence-corrected chi connectivity index (χ2v) is 2.98. The van der Waals surface area contributed by atoms with Gasteiger partial charge < -0.3 is 4.74 Å². The number of ether oxygens (including phenoxy) is 1. The highest BCUT2D eigenvalue weighted by molar-refractivity contribution is 5.76. The Labute approximate surface area is 76.8 Å². The second-order valence-electron chi connectivity index (χ2n) is 2.98. The van der Waals surface area contributed by atoms with Gasteiger partial charge in [0.25, 0.3) is 0 Å². The summed E-state index contributed by atoms with van der Waals surface area (Å²) in [5, 5.41) is 0. The van der Waals surface area contributed by atoms with Crippen molar-refractivity contribution in [3.8, 4) is 0 Å². The summed E-state index contributed by atoms with van der Waals surface area (Å²) in [7, 11) is 0.